The van der Waals surface area contributed by atoms with Crippen LogP contribution in [0.5, 0.6) is 0 Å². The van der Waals surface area contributed by atoms with Gasteiger partial charge in [-0.25, -0.2) is 9.07 Å². The minimum Gasteiger partial charge on any atom is -0.378 e. The molecule has 2 aliphatic rings. The lowest BCUT2D eigenvalue weighted by molar-refractivity contribution is -0.137. The van der Waals surface area contributed by atoms with Crippen molar-refractivity contribution < 1.29 is 31.9 Å². The smallest absolute Gasteiger partial charge is 0.378 e. The van der Waals surface area contributed by atoms with Gasteiger partial charge in [0.2, 0.25) is 0 Å². The molecule has 2 atom stereocenters. The van der Waals surface area contributed by atoms with E-state index in [1.165, 1.54) is 35.2 Å². The fraction of sp³-hybridized carbons (Fsp3) is 0.351. The summed E-state index contributed by atoms with van der Waals surface area (Å²) in [6, 6.07) is 17.6. The van der Waals surface area contributed by atoms with Crippen molar-refractivity contribution in [3.63, 3.8) is 0 Å². The number of alkyl halides is 3. The van der Waals surface area contributed by atoms with Gasteiger partial charge >= 0.3 is 6.18 Å². The van der Waals surface area contributed by atoms with E-state index >= 15 is 0 Å². The van der Waals surface area contributed by atoms with Crippen LogP contribution in [0, 0.1) is 17.3 Å². The number of aromatic nitrogens is 2. The number of carbonyl (C=O) groups excluding carboxylic acids is 2. The molecule has 266 valence electrons. The molecule has 0 saturated carbocycles. The maximum absolute atomic E-state index is 14.5. The predicted octanol–water partition coefficient (Wildman–Crippen LogP) is 5.33. The van der Waals surface area contributed by atoms with Gasteiger partial charge in [0.05, 0.1) is 42.7 Å². The standard InChI is InChI=1S/C37H37F4N7O3/c1-3-47-35-32(30(44-48(35)28-11-5-4-6-12-28)20-46(23-42)18-8-17-45(2)29-21-51-22-29)31(24-13-15-27(38)16-14-24)33(36(47)50)43-34(49)25-9-7-10-26(19-25)37(39,40)41/h4-7,9-16,19,29,31,33H,3,8,17-18,20-22H2,1-2H3,(H,43,49)/t31-,33-/m0/s1. The number of likely N-dealkylation sites (N-methyl/N-ethyl adjacent to an activating group) is 2. The van der Waals surface area contributed by atoms with E-state index < -0.39 is 41.3 Å². The van der Waals surface area contributed by atoms with Crippen molar-refractivity contribution in [3.05, 3.63) is 113 Å². The Labute approximate surface area is 292 Å². The number of nitrogens with one attached hydrogen (secondary N) is 1. The Morgan fingerprint density at radius 2 is 1.78 bits per heavy atom. The zero-order valence-electron chi connectivity index (χ0n) is 28.1. The highest BCUT2D eigenvalue weighted by Gasteiger charge is 2.46. The first-order chi connectivity index (χ1) is 24.5. The van der Waals surface area contributed by atoms with Crippen LogP contribution < -0.4 is 10.2 Å². The molecule has 0 radical (unpaired) electrons. The number of hydrogen-bond donors (Lipinski definition) is 1. The molecule has 0 spiro atoms. The number of carbonyl (C=O) groups is 2. The van der Waals surface area contributed by atoms with Gasteiger partial charge in [-0.2, -0.15) is 23.5 Å². The maximum atomic E-state index is 14.5. The summed E-state index contributed by atoms with van der Waals surface area (Å²) in [4.78, 5) is 33.4. The van der Waals surface area contributed by atoms with Crippen molar-refractivity contribution in [2.24, 2.45) is 0 Å². The number of anilines is 1. The molecule has 51 heavy (non-hydrogen) atoms. The number of nitrogens with zero attached hydrogens (tertiary/aromatic N) is 6. The van der Waals surface area contributed by atoms with Crippen LogP contribution >= 0.6 is 0 Å². The summed E-state index contributed by atoms with van der Waals surface area (Å²) in [7, 11) is 2.01. The lowest BCUT2D eigenvalue weighted by atomic mass is 9.80. The van der Waals surface area contributed by atoms with Crippen molar-refractivity contribution in [2.45, 2.75) is 44.1 Å². The number of rotatable bonds is 12. The van der Waals surface area contributed by atoms with Crippen LogP contribution in [0.25, 0.3) is 5.69 Å². The monoisotopic (exact) mass is 703 g/mol. The van der Waals surface area contributed by atoms with Crippen molar-refractivity contribution in [1.82, 2.24) is 24.9 Å². The normalized spacial score (nSPS) is 17.5. The Hall–Kier alpha value is -5.26. The van der Waals surface area contributed by atoms with Crippen molar-refractivity contribution in [2.75, 3.05) is 44.8 Å². The lowest BCUT2D eigenvalue weighted by Crippen LogP contribution is -2.55. The molecule has 0 bridgehead atoms. The molecule has 0 unspecified atom stereocenters. The van der Waals surface area contributed by atoms with E-state index in [0.29, 0.717) is 60.5 Å². The number of hydrogen-bond acceptors (Lipinski definition) is 7. The van der Waals surface area contributed by atoms with E-state index in [1.54, 1.807) is 16.5 Å². The van der Waals surface area contributed by atoms with Gasteiger partial charge in [-0.3, -0.25) is 19.4 Å². The molecule has 3 heterocycles. The molecule has 1 aromatic heterocycles. The number of benzene rings is 3. The molecule has 0 aliphatic carbocycles. The summed E-state index contributed by atoms with van der Waals surface area (Å²) < 4.78 is 61.9. The lowest BCUT2D eigenvalue weighted by Gasteiger charge is -2.38. The summed E-state index contributed by atoms with van der Waals surface area (Å²) in [6.07, 6.45) is -1.74. The third-order valence-electron chi connectivity index (χ3n) is 9.35. The number of nitriles is 1. The molecular weight excluding hydrogens is 666 g/mol. The van der Waals surface area contributed by atoms with Crippen LogP contribution in [0.15, 0.2) is 78.9 Å². The van der Waals surface area contributed by atoms with Crippen LogP contribution in [0.2, 0.25) is 0 Å². The Bertz CT molecular complexity index is 1910. The van der Waals surface area contributed by atoms with Gasteiger partial charge in [-0.05, 0) is 68.4 Å². The Kier molecular flexibility index (Phi) is 10.4. The first-order valence-corrected chi connectivity index (χ1v) is 16.6. The van der Waals surface area contributed by atoms with E-state index in [2.05, 4.69) is 16.4 Å². The second kappa shape index (κ2) is 14.9. The van der Waals surface area contributed by atoms with Crippen LogP contribution in [-0.2, 0) is 22.3 Å². The molecule has 1 fully saturated rings. The zero-order chi connectivity index (χ0) is 36.3. The van der Waals surface area contributed by atoms with Crippen LogP contribution in [-0.4, -0.2) is 83.4 Å². The van der Waals surface area contributed by atoms with E-state index in [0.717, 1.165) is 24.7 Å². The third kappa shape index (κ3) is 7.45. The summed E-state index contributed by atoms with van der Waals surface area (Å²) in [5, 5.41) is 17.9. The largest absolute Gasteiger partial charge is 0.416 e. The fourth-order valence-corrected chi connectivity index (χ4v) is 6.55. The van der Waals surface area contributed by atoms with Gasteiger partial charge in [-0.1, -0.05) is 36.4 Å². The first kappa shape index (κ1) is 35.6. The highest BCUT2D eigenvalue weighted by Crippen LogP contribution is 2.44. The Morgan fingerprint density at radius 1 is 1.06 bits per heavy atom. The van der Waals surface area contributed by atoms with Crippen LogP contribution in [0.4, 0.5) is 23.4 Å². The Balaban J connectivity index is 1.44. The number of para-hydroxylation sites is 1. The third-order valence-corrected chi connectivity index (χ3v) is 9.35. The first-order valence-electron chi connectivity index (χ1n) is 16.6. The highest BCUT2D eigenvalue weighted by molar-refractivity contribution is 6.05. The SMILES string of the molecule is CCN1C(=O)[C@@H](NC(=O)c2cccc(C(F)(F)F)c2)[C@@H](c2ccc(F)cc2)c2c(CN(C#N)CCCN(C)C3COC3)nn(-c3ccccc3)c21. The maximum Gasteiger partial charge on any atom is 0.416 e. The molecule has 2 aliphatic heterocycles. The molecule has 10 nitrogen and oxygen atoms in total. The Morgan fingerprint density at radius 3 is 2.41 bits per heavy atom. The van der Waals surface area contributed by atoms with E-state index in [4.69, 9.17) is 9.84 Å². The zero-order valence-corrected chi connectivity index (χ0v) is 28.1. The van der Waals surface area contributed by atoms with Crippen molar-refractivity contribution >= 4 is 17.6 Å². The topological polar surface area (TPSA) is 107 Å². The number of amides is 2. The summed E-state index contributed by atoms with van der Waals surface area (Å²) >= 11 is 0. The fourth-order valence-electron chi connectivity index (χ4n) is 6.55. The molecule has 3 aromatic carbocycles. The van der Waals surface area contributed by atoms with Gasteiger partial charge in [0.1, 0.15) is 17.7 Å². The van der Waals surface area contributed by atoms with E-state index in [1.807, 2.05) is 37.4 Å². The molecule has 1 saturated heterocycles. The van der Waals surface area contributed by atoms with E-state index in [9.17, 15) is 32.4 Å². The molecule has 1 N–H and O–H groups in total. The minimum absolute atomic E-state index is 0.0622. The summed E-state index contributed by atoms with van der Waals surface area (Å²) in [5.41, 5.74) is 0.813. The molecule has 2 amide bonds. The van der Waals surface area contributed by atoms with Gasteiger partial charge in [0.25, 0.3) is 11.8 Å². The number of fused-ring (bicyclic) bond motifs is 1. The second-order valence-corrected chi connectivity index (χ2v) is 12.6. The molecule has 6 rings (SSSR count). The number of ether oxygens (including phenoxy) is 1. The molecule has 14 heteroatoms. The van der Waals surface area contributed by atoms with Gasteiger partial charge < -0.3 is 15.0 Å². The quantitative estimate of drug-likeness (QED) is 0.121. The van der Waals surface area contributed by atoms with Crippen molar-refractivity contribution in [1.29, 1.82) is 5.26 Å². The predicted molar refractivity (Wildman–Crippen MR) is 180 cm³/mol. The highest BCUT2D eigenvalue weighted by atomic mass is 19.4. The van der Waals surface area contributed by atoms with Crippen molar-refractivity contribution in [3.8, 4) is 11.9 Å². The van der Waals surface area contributed by atoms with E-state index in [-0.39, 0.29) is 18.7 Å². The molecular formula is C37H37F4N7O3. The van der Waals surface area contributed by atoms with Gasteiger partial charge in [-0.15, -0.1) is 0 Å². The molecule has 4 aromatic rings. The second-order valence-electron chi connectivity index (χ2n) is 12.6. The average Bonchev–Trinajstić information content (AvgIpc) is 3.46. The average molecular weight is 704 g/mol. The number of halogens is 4. The minimum atomic E-state index is -4.68. The van der Waals surface area contributed by atoms with Crippen LogP contribution in [0.3, 0.4) is 0 Å². The summed E-state index contributed by atoms with van der Waals surface area (Å²) in [6.45, 7) is 4.48. The summed E-state index contributed by atoms with van der Waals surface area (Å²) in [5.74, 6) is -2.45. The van der Waals surface area contributed by atoms with Gasteiger partial charge in [0, 0.05) is 36.7 Å². The van der Waals surface area contributed by atoms with Gasteiger partial charge in [0.15, 0.2) is 6.19 Å². The van der Waals surface area contributed by atoms with Crippen LogP contribution in [0.1, 0.15) is 52.0 Å².